The second-order valence-electron chi connectivity index (χ2n) is 2.15. The zero-order valence-electron chi connectivity index (χ0n) is 5.80. The first-order valence-electron chi connectivity index (χ1n) is 3.24. The van der Waals surface area contributed by atoms with E-state index >= 15 is 0 Å². The smallest absolute Gasteiger partial charge is 0.0561 e. The predicted octanol–water partition coefficient (Wildman–Crippen LogP) is 2.81. The fourth-order valence-corrected chi connectivity index (χ4v) is 2.04. The van der Waals surface area contributed by atoms with Gasteiger partial charge in [-0.1, -0.05) is 18.5 Å². The van der Waals surface area contributed by atoms with Crippen LogP contribution in [0.5, 0.6) is 0 Å². The van der Waals surface area contributed by atoms with E-state index in [2.05, 4.69) is 6.92 Å². The van der Waals surface area contributed by atoms with E-state index in [1.807, 2.05) is 11.4 Å². The molecule has 1 nitrogen and oxygen atoms in total. The SMILES string of the molecule is CCC(N)c1sccc1Cl. The minimum Gasteiger partial charge on any atom is -0.323 e. The van der Waals surface area contributed by atoms with Crippen LogP contribution in [0.3, 0.4) is 0 Å². The van der Waals surface area contributed by atoms with Gasteiger partial charge >= 0.3 is 0 Å². The molecule has 0 bridgehead atoms. The highest BCUT2D eigenvalue weighted by molar-refractivity contribution is 7.10. The van der Waals surface area contributed by atoms with Crippen molar-refractivity contribution in [1.82, 2.24) is 0 Å². The lowest BCUT2D eigenvalue weighted by Gasteiger charge is -2.04. The molecule has 0 aliphatic rings. The molecular formula is C7H10ClNS. The van der Waals surface area contributed by atoms with Gasteiger partial charge in [-0.3, -0.25) is 0 Å². The Balaban J connectivity index is 2.82. The van der Waals surface area contributed by atoms with Crippen molar-refractivity contribution in [3.63, 3.8) is 0 Å². The lowest BCUT2D eigenvalue weighted by atomic mass is 10.2. The molecule has 3 heteroatoms. The van der Waals surface area contributed by atoms with Gasteiger partial charge in [0.1, 0.15) is 0 Å². The van der Waals surface area contributed by atoms with Crippen molar-refractivity contribution in [2.24, 2.45) is 5.73 Å². The summed E-state index contributed by atoms with van der Waals surface area (Å²) >= 11 is 7.47. The van der Waals surface area contributed by atoms with Gasteiger partial charge in [-0.2, -0.15) is 0 Å². The molecule has 0 aliphatic carbocycles. The van der Waals surface area contributed by atoms with Crippen LogP contribution in [-0.2, 0) is 0 Å². The zero-order valence-corrected chi connectivity index (χ0v) is 7.38. The fourth-order valence-electron chi connectivity index (χ4n) is 0.755. The maximum absolute atomic E-state index is 5.84. The third-order valence-electron chi connectivity index (χ3n) is 1.42. The second-order valence-corrected chi connectivity index (χ2v) is 3.50. The summed E-state index contributed by atoms with van der Waals surface area (Å²) in [6, 6.07) is 2.00. The number of thiophene rings is 1. The maximum atomic E-state index is 5.84. The number of nitrogens with two attached hydrogens (primary N) is 1. The van der Waals surface area contributed by atoms with Gasteiger partial charge in [0.05, 0.1) is 5.02 Å². The van der Waals surface area contributed by atoms with Crippen molar-refractivity contribution in [3.05, 3.63) is 21.3 Å². The molecule has 0 aromatic carbocycles. The quantitative estimate of drug-likeness (QED) is 0.735. The molecule has 56 valence electrons. The number of hydrogen-bond acceptors (Lipinski definition) is 2. The van der Waals surface area contributed by atoms with E-state index in [1.165, 1.54) is 0 Å². The van der Waals surface area contributed by atoms with E-state index in [4.69, 9.17) is 17.3 Å². The Labute approximate surface area is 69.8 Å². The Morgan fingerprint density at radius 2 is 2.50 bits per heavy atom. The molecule has 1 aromatic heterocycles. The first-order valence-corrected chi connectivity index (χ1v) is 4.50. The lowest BCUT2D eigenvalue weighted by molar-refractivity contribution is 0.712. The third kappa shape index (κ3) is 1.51. The van der Waals surface area contributed by atoms with Crippen LogP contribution in [0.4, 0.5) is 0 Å². The van der Waals surface area contributed by atoms with Gasteiger partial charge in [0.25, 0.3) is 0 Å². The maximum Gasteiger partial charge on any atom is 0.0561 e. The van der Waals surface area contributed by atoms with Gasteiger partial charge in [-0.05, 0) is 17.9 Å². The molecule has 1 heterocycles. The van der Waals surface area contributed by atoms with Gasteiger partial charge in [-0.25, -0.2) is 0 Å². The summed E-state index contributed by atoms with van der Waals surface area (Å²) in [4.78, 5) is 1.10. The summed E-state index contributed by atoms with van der Waals surface area (Å²) in [5.74, 6) is 0. The molecule has 0 aliphatic heterocycles. The number of rotatable bonds is 2. The molecule has 1 unspecified atom stereocenters. The monoisotopic (exact) mass is 175 g/mol. The molecule has 10 heavy (non-hydrogen) atoms. The van der Waals surface area contributed by atoms with Crippen LogP contribution in [0.1, 0.15) is 24.3 Å². The summed E-state index contributed by atoms with van der Waals surface area (Å²) in [5, 5.41) is 2.77. The van der Waals surface area contributed by atoms with Crippen molar-refractivity contribution in [3.8, 4) is 0 Å². The van der Waals surface area contributed by atoms with Gasteiger partial charge in [0.2, 0.25) is 0 Å². The van der Waals surface area contributed by atoms with Crippen molar-refractivity contribution >= 4 is 22.9 Å². The third-order valence-corrected chi connectivity index (χ3v) is 2.91. The fraction of sp³-hybridized carbons (Fsp3) is 0.429. The Morgan fingerprint density at radius 3 is 2.90 bits per heavy atom. The highest BCUT2D eigenvalue weighted by Crippen LogP contribution is 2.28. The first-order chi connectivity index (χ1) is 4.75. The van der Waals surface area contributed by atoms with Crippen LogP contribution in [0.2, 0.25) is 5.02 Å². The molecule has 1 atom stereocenters. The largest absolute Gasteiger partial charge is 0.323 e. The van der Waals surface area contributed by atoms with Crippen LogP contribution >= 0.6 is 22.9 Å². The Kier molecular flexibility index (Phi) is 2.72. The number of halogens is 1. The van der Waals surface area contributed by atoms with Crippen molar-refractivity contribution in [2.75, 3.05) is 0 Å². The molecule has 2 N–H and O–H groups in total. The van der Waals surface area contributed by atoms with E-state index in [0.717, 1.165) is 16.3 Å². The first kappa shape index (κ1) is 8.05. The van der Waals surface area contributed by atoms with E-state index < -0.39 is 0 Å². The summed E-state index contributed by atoms with van der Waals surface area (Å²) in [6.07, 6.45) is 0.945. The Hall–Kier alpha value is -0.0500. The summed E-state index contributed by atoms with van der Waals surface area (Å²) in [7, 11) is 0. The molecule has 0 saturated carbocycles. The van der Waals surface area contributed by atoms with Crippen molar-refractivity contribution in [2.45, 2.75) is 19.4 Å². The van der Waals surface area contributed by atoms with E-state index in [1.54, 1.807) is 11.3 Å². The second kappa shape index (κ2) is 3.37. The van der Waals surface area contributed by atoms with E-state index in [9.17, 15) is 0 Å². The summed E-state index contributed by atoms with van der Waals surface area (Å²) in [6.45, 7) is 2.06. The van der Waals surface area contributed by atoms with Gasteiger partial charge < -0.3 is 5.73 Å². The van der Waals surface area contributed by atoms with Crippen LogP contribution < -0.4 is 5.73 Å². The molecular weight excluding hydrogens is 166 g/mol. The van der Waals surface area contributed by atoms with Crippen LogP contribution in [-0.4, -0.2) is 0 Å². The van der Waals surface area contributed by atoms with Crippen molar-refractivity contribution in [1.29, 1.82) is 0 Å². The minimum atomic E-state index is 0.118. The minimum absolute atomic E-state index is 0.118. The van der Waals surface area contributed by atoms with Gasteiger partial charge in [0.15, 0.2) is 0 Å². The molecule has 0 radical (unpaired) electrons. The van der Waals surface area contributed by atoms with E-state index in [-0.39, 0.29) is 6.04 Å². The molecule has 1 rings (SSSR count). The molecule has 0 saturated heterocycles. The standard InChI is InChI=1S/C7H10ClNS/c1-2-6(9)7-5(8)3-4-10-7/h3-4,6H,2,9H2,1H3. The zero-order chi connectivity index (χ0) is 7.56. The highest BCUT2D eigenvalue weighted by atomic mass is 35.5. The average Bonchev–Trinajstić information content (AvgIpc) is 2.34. The Bertz CT molecular complexity index is 209. The Morgan fingerprint density at radius 1 is 1.80 bits per heavy atom. The highest BCUT2D eigenvalue weighted by Gasteiger charge is 2.08. The van der Waals surface area contributed by atoms with Crippen molar-refractivity contribution < 1.29 is 0 Å². The van der Waals surface area contributed by atoms with E-state index in [0.29, 0.717) is 0 Å². The lowest BCUT2D eigenvalue weighted by Crippen LogP contribution is -2.06. The topological polar surface area (TPSA) is 26.0 Å². The number of hydrogen-bond donors (Lipinski definition) is 1. The summed E-state index contributed by atoms with van der Waals surface area (Å²) < 4.78 is 0. The normalized spacial score (nSPS) is 13.5. The molecule has 0 amide bonds. The molecule has 1 aromatic rings. The summed E-state index contributed by atoms with van der Waals surface area (Å²) in [5.41, 5.74) is 5.77. The van der Waals surface area contributed by atoms with Gasteiger partial charge in [-0.15, -0.1) is 11.3 Å². The van der Waals surface area contributed by atoms with Crippen LogP contribution in [0, 0.1) is 0 Å². The molecule has 0 spiro atoms. The van der Waals surface area contributed by atoms with Crippen LogP contribution in [0.15, 0.2) is 11.4 Å². The van der Waals surface area contributed by atoms with Crippen LogP contribution in [0.25, 0.3) is 0 Å². The predicted molar refractivity (Wildman–Crippen MR) is 46.5 cm³/mol. The van der Waals surface area contributed by atoms with Gasteiger partial charge in [0, 0.05) is 10.9 Å². The molecule has 0 fully saturated rings. The average molecular weight is 176 g/mol.